The molecule has 6 heteroatoms. The van der Waals surface area contributed by atoms with Gasteiger partial charge in [0.1, 0.15) is 5.78 Å². The Morgan fingerprint density at radius 2 is 2.06 bits per heavy atom. The van der Waals surface area contributed by atoms with Crippen LogP contribution in [0.5, 0.6) is 11.5 Å². The average molecular weight is 248 g/mol. The van der Waals surface area contributed by atoms with Crippen molar-refractivity contribution in [1.82, 2.24) is 0 Å². The topological polar surface area (TPSA) is 46.5 Å². The van der Waals surface area contributed by atoms with E-state index in [2.05, 4.69) is 4.74 Å². The second kappa shape index (κ2) is 5.07. The molecule has 0 saturated heterocycles. The minimum Gasteiger partial charge on any atom is -0.504 e. The number of benzene rings is 1. The quantitative estimate of drug-likeness (QED) is 0.891. The maximum Gasteiger partial charge on any atom is 0.573 e. The smallest absolute Gasteiger partial charge is 0.504 e. The predicted molar refractivity (Wildman–Crippen MR) is 53.8 cm³/mol. The summed E-state index contributed by atoms with van der Waals surface area (Å²) in [6, 6.07) is 3.63. The fourth-order valence-corrected chi connectivity index (χ4v) is 1.24. The van der Waals surface area contributed by atoms with E-state index < -0.39 is 17.9 Å². The van der Waals surface area contributed by atoms with Crippen LogP contribution in [0.25, 0.3) is 0 Å². The van der Waals surface area contributed by atoms with Crippen molar-refractivity contribution in [3.8, 4) is 11.5 Å². The van der Waals surface area contributed by atoms with Gasteiger partial charge in [-0.3, -0.25) is 0 Å². The molecule has 94 valence electrons. The standard InChI is InChI=1S/C11H11F3O3/c1-7(15)2-3-8-4-5-9(16)10(6-8)17-11(12,13)14/h4-6,16H,2-3H2,1H3. The molecule has 0 heterocycles. The first-order chi connectivity index (χ1) is 7.78. The molecule has 0 amide bonds. The summed E-state index contributed by atoms with van der Waals surface area (Å²) in [4.78, 5) is 10.7. The molecule has 1 N–H and O–H groups in total. The number of hydrogen-bond acceptors (Lipinski definition) is 3. The average Bonchev–Trinajstić information content (AvgIpc) is 2.17. The third-order valence-electron chi connectivity index (χ3n) is 2.02. The van der Waals surface area contributed by atoms with E-state index in [9.17, 15) is 23.1 Å². The first kappa shape index (κ1) is 13.3. The Morgan fingerprint density at radius 3 is 2.59 bits per heavy atom. The number of ether oxygens (including phenoxy) is 1. The number of ketones is 1. The van der Waals surface area contributed by atoms with Gasteiger partial charge in [-0.15, -0.1) is 13.2 Å². The normalized spacial score (nSPS) is 11.3. The molecule has 0 unspecified atom stereocenters. The number of rotatable bonds is 4. The van der Waals surface area contributed by atoms with Crippen LogP contribution in [0.2, 0.25) is 0 Å². The lowest BCUT2D eigenvalue weighted by atomic mass is 10.1. The zero-order chi connectivity index (χ0) is 13.1. The SMILES string of the molecule is CC(=O)CCc1ccc(O)c(OC(F)(F)F)c1. The highest BCUT2D eigenvalue weighted by Gasteiger charge is 2.32. The van der Waals surface area contributed by atoms with Gasteiger partial charge in [-0.2, -0.15) is 0 Å². The number of Topliss-reactive ketones (excluding diaryl/α,β-unsaturated/α-hetero) is 1. The summed E-state index contributed by atoms with van der Waals surface area (Å²) in [7, 11) is 0. The molecule has 1 rings (SSSR count). The third kappa shape index (κ3) is 4.76. The molecule has 0 fully saturated rings. The molecular formula is C11H11F3O3. The van der Waals surface area contributed by atoms with Crippen molar-refractivity contribution < 1.29 is 27.8 Å². The molecule has 0 bridgehead atoms. The molecule has 0 aliphatic heterocycles. The number of hydrogen-bond donors (Lipinski definition) is 1. The van der Waals surface area contributed by atoms with Gasteiger partial charge in [-0.25, -0.2) is 0 Å². The van der Waals surface area contributed by atoms with Gasteiger partial charge in [0.25, 0.3) is 0 Å². The van der Waals surface area contributed by atoms with Crippen LogP contribution in [0.15, 0.2) is 18.2 Å². The van der Waals surface area contributed by atoms with Crippen molar-refractivity contribution in [3.63, 3.8) is 0 Å². The Labute approximate surface area is 95.8 Å². The zero-order valence-corrected chi connectivity index (χ0v) is 9.04. The van der Waals surface area contributed by atoms with Crippen LogP contribution >= 0.6 is 0 Å². The first-order valence-electron chi connectivity index (χ1n) is 4.85. The molecule has 0 radical (unpaired) electrons. The molecule has 0 aliphatic carbocycles. The molecule has 1 aromatic carbocycles. The number of halogens is 3. The molecule has 0 aromatic heterocycles. The van der Waals surface area contributed by atoms with E-state index >= 15 is 0 Å². The maximum absolute atomic E-state index is 12.0. The Hall–Kier alpha value is -1.72. The van der Waals surface area contributed by atoms with E-state index in [4.69, 9.17) is 0 Å². The molecule has 0 atom stereocenters. The van der Waals surface area contributed by atoms with Crippen molar-refractivity contribution in [1.29, 1.82) is 0 Å². The largest absolute Gasteiger partial charge is 0.573 e. The monoisotopic (exact) mass is 248 g/mol. The highest BCUT2D eigenvalue weighted by Crippen LogP contribution is 2.32. The molecule has 1 aromatic rings. The summed E-state index contributed by atoms with van der Waals surface area (Å²) in [5.74, 6) is -1.30. The minimum atomic E-state index is -4.85. The number of alkyl halides is 3. The molecule has 3 nitrogen and oxygen atoms in total. The highest BCUT2D eigenvalue weighted by molar-refractivity contribution is 5.75. The molecule has 17 heavy (non-hydrogen) atoms. The van der Waals surface area contributed by atoms with Gasteiger partial charge in [0.05, 0.1) is 0 Å². The number of aromatic hydroxyl groups is 1. The van der Waals surface area contributed by atoms with Gasteiger partial charge < -0.3 is 14.6 Å². The number of carbonyl (C=O) groups is 1. The van der Waals surface area contributed by atoms with Crippen molar-refractivity contribution in [2.24, 2.45) is 0 Å². The number of aryl methyl sites for hydroxylation is 1. The number of carbonyl (C=O) groups excluding carboxylic acids is 1. The van der Waals surface area contributed by atoms with E-state index in [1.165, 1.54) is 13.0 Å². The summed E-state index contributed by atoms with van der Waals surface area (Å²) in [6.07, 6.45) is -4.31. The summed E-state index contributed by atoms with van der Waals surface area (Å²) in [6.45, 7) is 1.40. The van der Waals surface area contributed by atoms with Gasteiger partial charge in [0, 0.05) is 6.42 Å². The fourth-order valence-electron chi connectivity index (χ4n) is 1.24. The van der Waals surface area contributed by atoms with Crippen LogP contribution in [0.3, 0.4) is 0 Å². The summed E-state index contributed by atoms with van der Waals surface area (Å²) >= 11 is 0. The third-order valence-corrected chi connectivity index (χ3v) is 2.02. The second-order valence-corrected chi connectivity index (χ2v) is 3.55. The van der Waals surface area contributed by atoms with Gasteiger partial charge >= 0.3 is 6.36 Å². The van der Waals surface area contributed by atoms with Gasteiger partial charge in [0.15, 0.2) is 11.5 Å². The Bertz CT molecular complexity index is 413. The Balaban J connectivity index is 2.83. The molecular weight excluding hydrogens is 237 g/mol. The van der Waals surface area contributed by atoms with E-state index in [0.717, 1.165) is 12.1 Å². The van der Waals surface area contributed by atoms with Crippen molar-refractivity contribution in [2.45, 2.75) is 26.1 Å². The van der Waals surface area contributed by atoms with Gasteiger partial charge in [-0.05, 0) is 31.0 Å². The molecule has 0 aliphatic rings. The Kier molecular flexibility index (Phi) is 3.98. The van der Waals surface area contributed by atoms with E-state index in [-0.39, 0.29) is 12.2 Å². The highest BCUT2D eigenvalue weighted by atomic mass is 19.4. The van der Waals surface area contributed by atoms with Crippen molar-refractivity contribution in [2.75, 3.05) is 0 Å². The Morgan fingerprint density at radius 1 is 1.41 bits per heavy atom. The van der Waals surface area contributed by atoms with Crippen LogP contribution in [-0.4, -0.2) is 17.3 Å². The second-order valence-electron chi connectivity index (χ2n) is 3.55. The van der Waals surface area contributed by atoms with Crippen LogP contribution in [-0.2, 0) is 11.2 Å². The van der Waals surface area contributed by atoms with Crippen LogP contribution in [0.4, 0.5) is 13.2 Å². The summed E-state index contributed by atoms with van der Waals surface area (Å²) < 4.78 is 39.6. The van der Waals surface area contributed by atoms with Gasteiger partial charge in [0.2, 0.25) is 0 Å². The van der Waals surface area contributed by atoms with Crippen LogP contribution < -0.4 is 4.74 Å². The lowest BCUT2D eigenvalue weighted by molar-refractivity contribution is -0.275. The van der Waals surface area contributed by atoms with E-state index in [1.54, 1.807) is 0 Å². The van der Waals surface area contributed by atoms with E-state index in [0.29, 0.717) is 12.0 Å². The molecule has 0 saturated carbocycles. The summed E-state index contributed by atoms with van der Waals surface area (Å²) in [5.41, 5.74) is 0.497. The van der Waals surface area contributed by atoms with Gasteiger partial charge in [-0.1, -0.05) is 6.07 Å². The lowest BCUT2D eigenvalue weighted by Crippen LogP contribution is -2.17. The fraction of sp³-hybridized carbons (Fsp3) is 0.364. The maximum atomic E-state index is 12.0. The summed E-state index contributed by atoms with van der Waals surface area (Å²) in [5, 5.41) is 9.18. The number of phenolic OH excluding ortho intramolecular Hbond substituents is 1. The minimum absolute atomic E-state index is 0.0589. The van der Waals surface area contributed by atoms with E-state index in [1.807, 2.05) is 0 Å². The van der Waals surface area contributed by atoms with Crippen molar-refractivity contribution in [3.05, 3.63) is 23.8 Å². The lowest BCUT2D eigenvalue weighted by Gasteiger charge is -2.11. The molecule has 0 spiro atoms. The predicted octanol–water partition coefficient (Wildman–Crippen LogP) is 2.81. The first-order valence-corrected chi connectivity index (χ1v) is 4.85. The zero-order valence-electron chi connectivity index (χ0n) is 9.04. The van der Waals surface area contributed by atoms with Crippen LogP contribution in [0.1, 0.15) is 18.9 Å². The van der Waals surface area contributed by atoms with Crippen LogP contribution in [0, 0.1) is 0 Å². The van der Waals surface area contributed by atoms with Crippen molar-refractivity contribution >= 4 is 5.78 Å². The number of phenols is 1.